The van der Waals surface area contributed by atoms with Crippen molar-refractivity contribution in [2.24, 2.45) is 0 Å². The zero-order valence-corrected chi connectivity index (χ0v) is 14.9. The molecule has 1 aromatic heterocycles. The van der Waals surface area contributed by atoms with E-state index in [0.717, 1.165) is 12.3 Å². The van der Waals surface area contributed by atoms with E-state index in [-0.39, 0.29) is 0 Å². The Bertz CT molecular complexity index is 892. The van der Waals surface area contributed by atoms with Gasteiger partial charge in [0.2, 0.25) is 11.8 Å². The number of rotatable bonds is 7. The number of nitrogens with one attached hydrogen (secondary N) is 2. The molecular formula is C18H18F3N3O4. The van der Waals surface area contributed by atoms with Crippen LogP contribution in [0.15, 0.2) is 47.4 Å². The first-order valence-corrected chi connectivity index (χ1v) is 8.26. The van der Waals surface area contributed by atoms with Crippen LogP contribution in [-0.4, -0.2) is 29.5 Å². The molecule has 0 radical (unpaired) electrons. The van der Waals surface area contributed by atoms with Gasteiger partial charge in [0.05, 0.1) is 13.2 Å². The lowest BCUT2D eigenvalue weighted by atomic mass is 10.2. The van der Waals surface area contributed by atoms with Crippen molar-refractivity contribution in [3.8, 4) is 5.75 Å². The summed E-state index contributed by atoms with van der Waals surface area (Å²) in [6.07, 6.45) is -3.74. The van der Waals surface area contributed by atoms with Crippen LogP contribution in [0, 0.1) is 0 Å². The lowest BCUT2D eigenvalue weighted by Crippen LogP contribution is -2.38. The van der Waals surface area contributed by atoms with Crippen molar-refractivity contribution in [2.45, 2.75) is 19.6 Å². The fraction of sp³-hybridized carbons (Fsp3) is 0.278. The molecule has 0 fully saturated rings. The molecule has 1 heterocycles. The van der Waals surface area contributed by atoms with Gasteiger partial charge < -0.3 is 19.9 Å². The number of pyridine rings is 1. The van der Waals surface area contributed by atoms with Crippen LogP contribution in [0.3, 0.4) is 0 Å². The van der Waals surface area contributed by atoms with E-state index in [1.54, 1.807) is 24.3 Å². The van der Waals surface area contributed by atoms with Crippen LogP contribution in [0.2, 0.25) is 0 Å². The van der Waals surface area contributed by atoms with Crippen LogP contribution < -0.4 is 20.9 Å². The van der Waals surface area contributed by atoms with E-state index in [1.807, 2.05) is 6.92 Å². The highest BCUT2D eigenvalue weighted by Crippen LogP contribution is 2.25. The maximum atomic E-state index is 12.7. The van der Waals surface area contributed by atoms with Crippen LogP contribution in [0.25, 0.3) is 0 Å². The van der Waals surface area contributed by atoms with Crippen molar-refractivity contribution in [1.82, 2.24) is 9.88 Å². The van der Waals surface area contributed by atoms with E-state index >= 15 is 0 Å². The number of carbonyl (C=O) groups excluding carboxylic acids is 2. The number of hydrogen-bond donors (Lipinski definition) is 2. The molecule has 10 heteroatoms. The number of anilines is 1. The third-order valence-electron chi connectivity index (χ3n) is 3.53. The minimum absolute atomic E-state index is 0.403. The molecule has 2 aromatic rings. The quantitative estimate of drug-likeness (QED) is 0.748. The van der Waals surface area contributed by atoms with Gasteiger partial charge in [0, 0.05) is 11.9 Å². The Morgan fingerprint density at radius 2 is 1.79 bits per heavy atom. The molecule has 2 rings (SSSR count). The molecule has 28 heavy (non-hydrogen) atoms. The van der Waals surface area contributed by atoms with Crippen molar-refractivity contribution in [2.75, 3.05) is 18.5 Å². The van der Waals surface area contributed by atoms with Gasteiger partial charge in [-0.1, -0.05) is 0 Å². The van der Waals surface area contributed by atoms with Gasteiger partial charge in [-0.25, -0.2) is 0 Å². The molecule has 0 unspecified atom stereocenters. The van der Waals surface area contributed by atoms with E-state index in [2.05, 4.69) is 10.6 Å². The Hall–Kier alpha value is -3.30. The van der Waals surface area contributed by atoms with Gasteiger partial charge in [-0.15, -0.1) is 0 Å². The summed E-state index contributed by atoms with van der Waals surface area (Å²) in [5.74, 6) is -0.669. The summed E-state index contributed by atoms with van der Waals surface area (Å²) in [5, 5.41) is 4.80. The van der Waals surface area contributed by atoms with Crippen LogP contribution in [0.1, 0.15) is 12.5 Å². The Kier molecular flexibility index (Phi) is 6.80. The standard InChI is InChI=1S/C18H18F3N3O4/c1-2-28-13-7-5-12(6-8-13)23-15(25)10-22-16(26)11-24-9-3-4-14(17(24)27)18(19,20)21/h3-9H,2,10-11H2,1H3,(H,22,26)(H,23,25). The second kappa shape index (κ2) is 9.07. The lowest BCUT2D eigenvalue weighted by molar-refractivity contribution is -0.139. The lowest BCUT2D eigenvalue weighted by Gasteiger charge is -2.11. The van der Waals surface area contributed by atoms with Crippen LogP contribution in [0.4, 0.5) is 18.9 Å². The number of nitrogens with zero attached hydrogens (tertiary/aromatic N) is 1. The summed E-state index contributed by atoms with van der Waals surface area (Å²) in [4.78, 5) is 35.5. The number of benzene rings is 1. The number of hydrogen-bond acceptors (Lipinski definition) is 4. The molecule has 0 bridgehead atoms. The van der Waals surface area contributed by atoms with Gasteiger partial charge >= 0.3 is 6.18 Å². The van der Waals surface area contributed by atoms with Gasteiger partial charge in [0.25, 0.3) is 5.56 Å². The first kappa shape index (κ1) is 21.0. The van der Waals surface area contributed by atoms with Crippen molar-refractivity contribution >= 4 is 17.5 Å². The van der Waals surface area contributed by atoms with Gasteiger partial charge in [0.15, 0.2) is 0 Å². The highest BCUT2D eigenvalue weighted by molar-refractivity contribution is 5.94. The number of aromatic nitrogens is 1. The average Bonchev–Trinajstić information content (AvgIpc) is 2.63. The minimum Gasteiger partial charge on any atom is -0.494 e. The molecule has 2 amide bonds. The Balaban J connectivity index is 1.89. The van der Waals surface area contributed by atoms with E-state index < -0.39 is 42.2 Å². The van der Waals surface area contributed by atoms with Crippen molar-refractivity contribution < 1.29 is 27.5 Å². The Labute approximate surface area is 158 Å². The molecule has 2 N–H and O–H groups in total. The van der Waals surface area contributed by atoms with Crippen LogP contribution in [-0.2, 0) is 22.3 Å². The molecule has 0 aliphatic rings. The second-order valence-electron chi connectivity index (χ2n) is 5.63. The highest BCUT2D eigenvalue weighted by Gasteiger charge is 2.34. The Morgan fingerprint density at radius 3 is 2.39 bits per heavy atom. The number of carbonyl (C=O) groups is 2. The van der Waals surface area contributed by atoms with Gasteiger partial charge in [0.1, 0.15) is 17.9 Å². The highest BCUT2D eigenvalue weighted by atomic mass is 19.4. The first-order chi connectivity index (χ1) is 13.2. The summed E-state index contributed by atoms with van der Waals surface area (Å²) >= 11 is 0. The Morgan fingerprint density at radius 1 is 1.11 bits per heavy atom. The van der Waals surface area contributed by atoms with Gasteiger partial charge in [-0.3, -0.25) is 14.4 Å². The zero-order chi connectivity index (χ0) is 20.7. The molecule has 1 aromatic carbocycles. The molecule has 7 nitrogen and oxygen atoms in total. The van der Waals surface area contributed by atoms with E-state index in [0.29, 0.717) is 28.7 Å². The molecule has 0 atom stereocenters. The number of amides is 2. The second-order valence-corrected chi connectivity index (χ2v) is 5.63. The van der Waals surface area contributed by atoms with Crippen LogP contribution in [0.5, 0.6) is 5.75 Å². The summed E-state index contributed by atoms with van der Waals surface area (Å²) in [6, 6.07) is 8.23. The van der Waals surface area contributed by atoms with Crippen molar-refractivity contribution in [1.29, 1.82) is 0 Å². The number of halogens is 3. The summed E-state index contributed by atoms with van der Waals surface area (Å²) in [5.41, 5.74) is -2.21. The molecular weight excluding hydrogens is 379 g/mol. The van der Waals surface area contributed by atoms with E-state index in [4.69, 9.17) is 4.74 Å². The summed E-state index contributed by atoms with van der Waals surface area (Å²) in [7, 11) is 0. The maximum Gasteiger partial charge on any atom is 0.421 e. The first-order valence-electron chi connectivity index (χ1n) is 8.26. The van der Waals surface area contributed by atoms with Crippen LogP contribution >= 0.6 is 0 Å². The maximum absolute atomic E-state index is 12.7. The molecule has 0 aliphatic heterocycles. The number of alkyl halides is 3. The molecule has 0 saturated carbocycles. The smallest absolute Gasteiger partial charge is 0.421 e. The van der Waals surface area contributed by atoms with Crippen molar-refractivity contribution in [3.05, 3.63) is 58.5 Å². The fourth-order valence-corrected chi connectivity index (χ4v) is 2.27. The van der Waals surface area contributed by atoms with Gasteiger partial charge in [-0.2, -0.15) is 13.2 Å². The minimum atomic E-state index is -4.81. The average molecular weight is 397 g/mol. The predicted octanol–water partition coefficient (Wildman–Crippen LogP) is 2.02. The molecule has 0 aliphatic carbocycles. The number of ether oxygens (including phenoxy) is 1. The zero-order valence-electron chi connectivity index (χ0n) is 14.9. The summed E-state index contributed by atoms with van der Waals surface area (Å²) in [6.45, 7) is 1.30. The van der Waals surface area contributed by atoms with E-state index in [1.165, 1.54) is 0 Å². The summed E-state index contributed by atoms with van der Waals surface area (Å²) < 4.78 is 44.1. The van der Waals surface area contributed by atoms with E-state index in [9.17, 15) is 27.6 Å². The SMILES string of the molecule is CCOc1ccc(NC(=O)CNC(=O)Cn2cccc(C(F)(F)F)c2=O)cc1. The topological polar surface area (TPSA) is 89.4 Å². The van der Waals surface area contributed by atoms with Gasteiger partial charge in [-0.05, 0) is 43.3 Å². The molecule has 150 valence electrons. The fourth-order valence-electron chi connectivity index (χ4n) is 2.27. The normalized spacial score (nSPS) is 11.0. The van der Waals surface area contributed by atoms with Crippen molar-refractivity contribution in [3.63, 3.8) is 0 Å². The predicted molar refractivity (Wildman–Crippen MR) is 95.0 cm³/mol. The third-order valence-corrected chi connectivity index (χ3v) is 3.53. The third kappa shape index (κ3) is 5.86. The monoisotopic (exact) mass is 397 g/mol. The molecule has 0 spiro atoms. The largest absolute Gasteiger partial charge is 0.494 e. The molecule has 0 saturated heterocycles.